The van der Waals surface area contributed by atoms with E-state index in [1.165, 1.54) is 42.5 Å². The van der Waals surface area contributed by atoms with Crippen LogP contribution in [0.2, 0.25) is 0 Å². The standard InChI is InChI=1S/C16H16F2N2O5S/c1-10(11-6-8-12(9-7-11)25-16(17)18)19-13-4-3-5-14(26(2,23)24)15(13)20(21)22/h3-10,16,19H,1-2H3. The van der Waals surface area contributed by atoms with Crippen LogP contribution in [0.4, 0.5) is 20.2 Å². The Morgan fingerprint density at radius 2 is 1.77 bits per heavy atom. The average Bonchev–Trinajstić information content (AvgIpc) is 2.53. The van der Waals surface area contributed by atoms with E-state index in [1.807, 2.05) is 0 Å². The monoisotopic (exact) mass is 386 g/mol. The molecule has 2 aromatic carbocycles. The van der Waals surface area contributed by atoms with E-state index in [-0.39, 0.29) is 16.3 Å². The molecule has 7 nitrogen and oxygen atoms in total. The van der Waals surface area contributed by atoms with Gasteiger partial charge in [-0.1, -0.05) is 18.2 Å². The maximum atomic E-state index is 12.2. The Hall–Kier alpha value is -2.75. The molecule has 10 heteroatoms. The third-order valence-corrected chi connectivity index (χ3v) is 4.69. The van der Waals surface area contributed by atoms with E-state index in [0.29, 0.717) is 5.56 Å². The minimum atomic E-state index is -3.79. The summed E-state index contributed by atoms with van der Waals surface area (Å²) in [6, 6.07) is 9.27. The number of ether oxygens (including phenoxy) is 1. The molecule has 0 fully saturated rings. The van der Waals surface area contributed by atoms with Crippen LogP contribution in [-0.4, -0.2) is 26.2 Å². The number of nitrogens with zero attached hydrogens (tertiary/aromatic N) is 1. The highest BCUT2D eigenvalue weighted by molar-refractivity contribution is 7.90. The Labute approximate surface area is 148 Å². The molecule has 0 saturated heterocycles. The van der Waals surface area contributed by atoms with E-state index in [0.717, 1.165) is 6.26 Å². The summed E-state index contributed by atoms with van der Waals surface area (Å²) in [6.45, 7) is -1.24. The van der Waals surface area contributed by atoms with Gasteiger partial charge in [0, 0.05) is 12.3 Å². The SMILES string of the molecule is CC(Nc1cccc(S(C)(=O)=O)c1[N+](=O)[O-])c1ccc(OC(F)F)cc1. The number of anilines is 1. The van der Waals surface area contributed by atoms with Crippen LogP contribution in [0.3, 0.4) is 0 Å². The number of halogens is 2. The van der Waals surface area contributed by atoms with Crippen molar-refractivity contribution in [3.8, 4) is 5.75 Å². The van der Waals surface area contributed by atoms with Crippen LogP contribution in [0.25, 0.3) is 0 Å². The van der Waals surface area contributed by atoms with E-state index in [2.05, 4.69) is 10.1 Å². The van der Waals surface area contributed by atoms with Gasteiger partial charge >= 0.3 is 12.3 Å². The van der Waals surface area contributed by atoms with Crippen molar-refractivity contribution >= 4 is 21.2 Å². The van der Waals surface area contributed by atoms with E-state index in [1.54, 1.807) is 6.92 Å². The topological polar surface area (TPSA) is 98.5 Å². The van der Waals surface area contributed by atoms with Gasteiger partial charge in [0.25, 0.3) is 0 Å². The summed E-state index contributed by atoms with van der Waals surface area (Å²) in [4.78, 5) is 10.2. The Balaban J connectivity index is 2.32. The number of nitrogens with one attached hydrogen (secondary N) is 1. The summed E-state index contributed by atoms with van der Waals surface area (Å²) in [6.07, 6.45) is 0.893. The molecular weight excluding hydrogens is 370 g/mol. The zero-order chi connectivity index (χ0) is 19.5. The summed E-state index contributed by atoms with van der Waals surface area (Å²) in [7, 11) is -3.79. The van der Waals surface area contributed by atoms with Crippen LogP contribution in [0.15, 0.2) is 47.4 Å². The van der Waals surface area contributed by atoms with Gasteiger partial charge in [-0.25, -0.2) is 8.42 Å². The third kappa shape index (κ3) is 4.66. The first-order valence-corrected chi connectivity index (χ1v) is 9.27. The maximum absolute atomic E-state index is 12.2. The molecular formula is C16H16F2N2O5S. The van der Waals surface area contributed by atoms with Gasteiger partial charge in [0.15, 0.2) is 9.84 Å². The molecule has 0 saturated carbocycles. The lowest BCUT2D eigenvalue weighted by Gasteiger charge is -2.17. The van der Waals surface area contributed by atoms with Gasteiger partial charge in [-0.15, -0.1) is 0 Å². The Morgan fingerprint density at radius 1 is 1.15 bits per heavy atom. The highest BCUT2D eigenvalue weighted by Gasteiger charge is 2.26. The summed E-state index contributed by atoms with van der Waals surface area (Å²) in [5.74, 6) is -0.0130. The van der Waals surface area contributed by atoms with Gasteiger partial charge in [-0.2, -0.15) is 8.78 Å². The van der Waals surface area contributed by atoms with Crippen LogP contribution in [-0.2, 0) is 9.84 Å². The van der Waals surface area contributed by atoms with Crippen LogP contribution in [0.5, 0.6) is 5.75 Å². The van der Waals surface area contributed by atoms with Crippen molar-refractivity contribution in [2.45, 2.75) is 24.5 Å². The summed E-state index contributed by atoms with van der Waals surface area (Å²) in [5.41, 5.74) is 0.142. The number of nitro groups is 1. The predicted octanol–water partition coefficient (Wildman–Crippen LogP) is 3.77. The lowest BCUT2D eigenvalue weighted by atomic mass is 10.1. The molecule has 26 heavy (non-hydrogen) atoms. The summed E-state index contributed by atoms with van der Waals surface area (Å²) in [5, 5.41) is 14.3. The van der Waals surface area contributed by atoms with Crippen LogP contribution >= 0.6 is 0 Å². The number of para-hydroxylation sites is 1. The molecule has 0 heterocycles. The van der Waals surface area contributed by atoms with Crippen molar-refractivity contribution < 1.29 is 26.9 Å². The quantitative estimate of drug-likeness (QED) is 0.574. The number of hydrogen-bond acceptors (Lipinski definition) is 6. The van der Waals surface area contributed by atoms with Crippen LogP contribution in [0, 0.1) is 10.1 Å². The van der Waals surface area contributed by atoms with E-state index >= 15 is 0 Å². The number of alkyl halides is 2. The highest BCUT2D eigenvalue weighted by Crippen LogP contribution is 2.34. The Kier molecular flexibility index (Phi) is 5.76. The zero-order valence-electron chi connectivity index (χ0n) is 13.8. The fourth-order valence-electron chi connectivity index (χ4n) is 2.38. The van der Waals surface area contributed by atoms with Gasteiger partial charge < -0.3 is 10.1 Å². The van der Waals surface area contributed by atoms with E-state index in [9.17, 15) is 27.3 Å². The zero-order valence-corrected chi connectivity index (χ0v) is 14.7. The second kappa shape index (κ2) is 7.65. The minimum Gasteiger partial charge on any atom is -0.435 e. The molecule has 0 aliphatic heterocycles. The minimum absolute atomic E-state index is 0.0130. The molecule has 0 aliphatic carbocycles. The molecule has 140 valence electrons. The molecule has 0 radical (unpaired) electrons. The summed E-state index contributed by atoms with van der Waals surface area (Å²) >= 11 is 0. The maximum Gasteiger partial charge on any atom is 0.387 e. The van der Waals surface area contributed by atoms with Gasteiger partial charge in [0.05, 0.1) is 4.92 Å². The van der Waals surface area contributed by atoms with Crippen LogP contribution in [0.1, 0.15) is 18.5 Å². The smallest absolute Gasteiger partial charge is 0.387 e. The first kappa shape index (κ1) is 19.6. The van der Waals surface area contributed by atoms with Gasteiger partial charge in [0.2, 0.25) is 0 Å². The molecule has 0 aliphatic rings. The second-order valence-corrected chi connectivity index (χ2v) is 7.48. The molecule has 0 bridgehead atoms. The molecule has 1 atom stereocenters. The summed E-state index contributed by atoms with van der Waals surface area (Å²) < 4.78 is 52.2. The second-order valence-electron chi connectivity index (χ2n) is 5.50. The normalized spacial score (nSPS) is 12.7. The third-order valence-electron chi connectivity index (χ3n) is 3.56. The van der Waals surface area contributed by atoms with Crippen molar-refractivity contribution in [3.05, 3.63) is 58.1 Å². The highest BCUT2D eigenvalue weighted by atomic mass is 32.2. The average molecular weight is 386 g/mol. The Morgan fingerprint density at radius 3 is 2.27 bits per heavy atom. The molecule has 0 aromatic heterocycles. The molecule has 0 amide bonds. The Bertz CT molecular complexity index is 901. The van der Waals surface area contributed by atoms with Crippen molar-refractivity contribution in [2.75, 3.05) is 11.6 Å². The number of nitro benzene ring substituents is 1. The molecule has 0 spiro atoms. The molecule has 1 unspecified atom stereocenters. The first-order chi connectivity index (χ1) is 12.1. The largest absolute Gasteiger partial charge is 0.435 e. The lowest BCUT2D eigenvalue weighted by molar-refractivity contribution is -0.386. The van der Waals surface area contributed by atoms with E-state index < -0.39 is 33.1 Å². The number of benzene rings is 2. The lowest BCUT2D eigenvalue weighted by Crippen LogP contribution is -2.11. The van der Waals surface area contributed by atoms with Crippen LogP contribution < -0.4 is 10.1 Å². The number of sulfone groups is 1. The fourth-order valence-corrected chi connectivity index (χ4v) is 3.24. The molecule has 2 rings (SSSR count). The molecule has 1 N–H and O–H groups in total. The van der Waals surface area contributed by atoms with E-state index in [4.69, 9.17) is 0 Å². The fraction of sp³-hybridized carbons (Fsp3) is 0.250. The first-order valence-electron chi connectivity index (χ1n) is 7.38. The van der Waals surface area contributed by atoms with Crippen molar-refractivity contribution in [1.82, 2.24) is 0 Å². The van der Waals surface area contributed by atoms with Crippen molar-refractivity contribution in [3.63, 3.8) is 0 Å². The number of hydrogen-bond donors (Lipinski definition) is 1. The molecule has 2 aromatic rings. The van der Waals surface area contributed by atoms with Gasteiger partial charge in [0.1, 0.15) is 16.3 Å². The number of rotatable bonds is 7. The van der Waals surface area contributed by atoms with Gasteiger partial charge in [-0.05, 0) is 36.8 Å². The van der Waals surface area contributed by atoms with Crippen molar-refractivity contribution in [2.24, 2.45) is 0 Å². The predicted molar refractivity (Wildman–Crippen MR) is 91.3 cm³/mol. The van der Waals surface area contributed by atoms with Crippen molar-refractivity contribution in [1.29, 1.82) is 0 Å². The van der Waals surface area contributed by atoms with Gasteiger partial charge in [-0.3, -0.25) is 10.1 Å².